The van der Waals surface area contributed by atoms with Gasteiger partial charge in [0.15, 0.2) is 5.13 Å². The maximum Gasteiger partial charge on any atom is 0.416 e. The number of halogens is 3. The maximum atomic E-state index is 12.9. The highest BCUT2D eigenvalue weighted by molar-refractivity contribution is 7.21. The Bertz CT molecular complexity index is 1030. The summed E-state index contributed by atoms with van der Waals surface area (Å²) < 4.78 is 39.2. The van der Waals surface area contributed by atoms with Crippen LogP contribution in [-0.2, 0) is 12.7 Å². The van der Waals surface area contributed by atoms with Gasteiger partial charge >= 0.3 is 6.18 Å². The van der Waals surface area contributed by atoms with Crippen molar-refractivity contribution in [3.63, 3.8) is 0 Å². The Kier molecular flexibility index (Phi) is 5.07. The zero-order valence-electron chi connectivity index (χ0n) is 14.9. The van der Waals surface area contributed by atoms with Gasteiger partial charge in [-0.1, -0.05) is 41.7 Å². The fourth-order valence-electron chi connectivity index (χ4n) is 3.30. The van der Waals surface area contributed by atoms with Crippen LogP contribution in [0.15, 0.2) is 53.3 Å². The van der Waals surface area contributed by atoms with Gasteiger partial charge in [0.2, 0.25) is 0 Å². The summed E-state index contributed by atoms with van der Waals surface area (Å²) in [5.41, 5.74) is -0.181. The van der Waals surface area contributed by atoms with Crippen LogP contribution in [0.4, 0.5) is 18.3 Å². The maximum absolute atomic E-state index is 12.9. The monoisotopic (exact) mass is 405 g/mol. The van der Waals surface area contributed by atoms with Crippen molar-refractivity contribution in [3.8, 4) is 0 Å². The molecule has 1 aliphatic rings. The van der Waals surface area contributed by atoms with Crippen molar-refractivity contribution < 1.29 is 13.2 Å². The summed E-state index contributed by atoms with van der Waals surface area (Å²) in [5, 5.41) is 0.586. The molecular weight excluding hydrogens is 387 g/mol. The van der Waals surface area contributed by atoms with Gasteiger partial charge in [-0.15, -0.1) is 0 Å². The molecule has 1 saturated heterocycles. The molecule has 0 saturated carbocycles. The standard InChI is InChI=1S/C20H18F3N3OS/c21-20(22,23)15-6-7-17-16(12-15)18(27)24-19(28-17)26-10-8-25(9-11-26)13-14-4-2-1-3-5-14/h1-7,12H,8-11,13H2. The molecule has 146 valence electrons. The number of hydrogen-bond donors (Lipinski definition) is 0. The van der Waals surface area contributed by atoms with Crippen LogP contribution in [0.25, 0.3) is 10.1 Å². The van der Waals surface area contributed by atoms with Crippen molar-refractivity contribution in [2.75, 3.05) is 31.1 Å². The number of anilines is 1. The van der Waals surface area contributed by atoms with Gasteiger partial charge in [0.1, 0.15) is 0 Å². The van der Waals surface area contributed by atoms with E-state index in [1.165, 1.54) is 23.0 Å². The van der Waals surface area contributed by atoms with Crippen LogP contribution in [0.2, 0.25) is 0 Å². The smallest absolute Gasteiger partial charge is 0.345 e. The van der Waals surface area contributed by atoms with E-state index in [2.05, 4.69) is 22.0 Å². The normalized spacial score (nSPS) is 15.9. The summed E-state index contributed by atoms with van der Waals surface area (Å²) in [6, 6.07) is 13.5. The summed E-state index contributed by atoms with van der Waals surface area (Å²) in [7, 11) is 0. The molecule has 0 bridgehead atoms. The third kappa shape index (κ3) is 4.02. The molecule has 0 radical (unpaired) electrons. The van der Waals surface area contributed by atoms with Crippen LogP contribution >= 0.6 is 11.3 Å². The average molecular weight is 405 g/mol. The average Bonchev–Trinajstić information content (AvgIpc) is 2.68. The minimum Gasteiger partial charge on any atom is -0.345 e. The molecular formula is C20H18F3N3OS. The SMILES string of the molecule is O=c1nc(N2CCN(Cc3ccccc3)CC2)sc2ccc(C(F)(F)F)cc12. The van der Waals surface area contributed by atoms with Gasteiger partial charge < -0.3 is 4.90 Å². The Morgan fingerprint density at radius 1 is 1.00 bits per heavy atom. The number of benzene rings is 2. The van der Waals surface area contributed by atoms with Gasteiger partial charge in [0.05, 0.1) is 10.9 Å². The van der Waals surface area contributed by atoms with Crippen LogP contribution in [0, 0.1) is 0 Å². The molecule has 4 rings (SSSR count). The molecule has 0 spiro atoms. The summed E-state index contributed by atoms with van der Waals surface area (Å²) in [4.78, 5) is 20.7. The second-order valence-electron chi connectivity index (χ2n) is 6.76. The first kappa shape index (κ1) is 18.9. The van der Waals surface area contributed by atoms with E-state index in [0.29, 0.717) is 9.83 Å². The lowest BCUT2D eigenvalue weighted by Gasteiger charge is -2.35. The predicted octanol–water partition coefficient (Wildman–Crippen LogP) is 4.00. The second kappa shape index (κ2) is 7.52. The third-order valence-corrected chi connectivity index (χ3v) is 5.94. The van der Waals surface area contributed by atoms with Crippen molar-refractivity contribution >= 4 is 26.6 Å². The summed E-state index contributed by atoms with van der Waals surface area (Å²) in [6.07, 6.45) is -4.47. The van der Waals surface area contributed by atoms with Gasteiger partial charge in [-0.3, -0.25) is 9.69 Å². The van der Waals surface area contributed by atoms with Crippen molar-refractivity contribution in [2.45, 2.75) is 12.7 Å². The zero-order chi connectivity index (χ0) is 19.7. The van der Waals surface area contributed by atoms with Crippen molar-refractivity contribution in [1.29, 1.82) is 0 Å². The Morgan fingerprint density at radius 3 is 2.39 bits per heavy atom. The summed E-state index contributed by atoms with van der Waals surface area (Å²) in [5.74, 6) is 0. The van der Waals surface area contributed by atoms with Crippen LogP contribution in [0.5, 0.6) is 0 Å². The number of hydrogen-bond acceptors (Lipinski definition) is 5. The van der Waals surface area contributed by atoms with E-state index >= 15 is 0 Å². The molecule has 1 fully saturated rings. The third-order valence-electron chi connectivity index (χ3n) is 4.83. The van der Waals surface area contributed by atoms with Crippen molar-refractivity contribution in [3.05, 3.63) is 70.0 Å². The number of alkyl halides is 3. The highest BCUT2D eigenvalue weighted by atomic mass is 32.1. The van der Waals surface area contributed by atoms with Gasteiger partial charge in [-0.2, -0.15) is 18.2 Å². The first-order valence-electron chi connectivity index (χ1n) is 8.93. The van der Waals surface area contributed by atoms with E-state index in [9.17, 15) is 18.0 Å². The fraction of sp³-hybridized carbons (Fsp3) is 0.300. The molecule has 0 unspecified atom stereocenters. The van der Waals surface area contributed by atoms with Gasteiger partial charge in [0, 0.05) is 37.4 Å². The van der Waals surface area contributed by atoms with E-state index in [-0.39, 0.29) is 5.39 Å². The van der Waals surface area contributed by atoms with Crippen LogP contribution < -0.4 is 10.5 Å². The molecule has 0 aliphatic carbocycles. The van der Waals surface area contributed by atoms with Gasteiger partial charge in [0.25, 0.3) is 5.56 Å². The van der Waals surface area contributed by atoms with Crippen LogP contribution in [0.1, 0.15) is 11.1 Å². The molecule has 3 aromatic rings. The molecule has 8 heteroatoms. The number of piperazine rings is 1. The Labute approximate surface area is 163 Å². The minimum atomic E-state index is -4.47. The van der Waals surface area contributed by atoms with Crippen molar-refractivity contribution in [1.82, 2.24) is 9.88 Å². The number of rotatable bonds is 3. The molecule has 1 aliphatic heterocycles. The molecule has 0 atom stereocenters. The van der Waals surface area contributed by atoms with E-state index in [0.717, 1.165) is 44.9 Å². The second-order valence-corrected chi connectivity index (χ2v) is 7.77. The molecule has 2 heterocycles. The Morgan fingerprint density at radius 2 is 1.71 bits per heavy atom. The Balaban J connectivity index is 1.50. The number of fused-ring (bicyclic) bond motifs is 1. The molecule has 2 aromatic carbocycles. The minimum absolute atomic E-state index is 0.0197. The van der Waals surface area contributed by atoms with E-state index in [1.54, 1.807) is 0 Å². The molecule has 0 amide bonds. The molecule has 0 N–H and O–H groups in total. The van der Waals surface area contributed by atoms with E-state index in [1.807, 2.05) is 23.1 Å². The van der Waals surface area contributed by atoms with Crippen LogP contribution in [-0.4, -0.2) is 36.1 Å². The first-order valence-corrected chi connectivity index (χ1v) is 9.75. The molecule has 4 nitrogen and oxygen atoms in total. The van der Waals surface area contributed by atoms with E-state index < -0.39 is 17.3 Å². The summed E-state index contributed by atoms with van der Waals surface area (Å²) >= 11 is 1.26. The lowest BCUT2D eigenvalue weighted by atomic mass is 10.2. The number of nitrogens with zero attached hydrogens (tertiary/aromatic N) is 3. The predicted molar refractivity (Wildman–Crippen MR) is 105 cm³/mol. The fourth-order valence-corrected chi connectivity index (χ4v) is 4.33. The molecule has 1 aromatic heterocycles. The van der Waals surface area contributed by atoms with Crippen LogP contribution in [0.3, 0.4) is 0 Å². The van der Waals surface area contributed by atoms with Gasteiger partial charge in [-0.05, 0) is 23.8 Å². The van der Waals surface area contributed by atoms with E-state index in [4.69, 9.17) is 0 Å². The Hall–Kier alpha value is -2.45. The van der Waals surface area contributed by atoms with Gasteiger partial charge in [-0.25, -0.2) is 0 Å². The quantitative estimate of drug-likeness (QED) is 0.660. The lowest BCUT2D eigenvalue weighted by molar-refractivity contribution is -0.137. The highest BCUT2D eigenvalue weighted by Gasteiger charge is 2.31. The zero-order valence-corrected chi connectivity index (χ0v) is 15.8. The number of aromatic nitrogens is 1. The lowest BCUT2D eigenvalue weighted by Crippen LogP contribution is -2.46. The highest BCUT2D eigenvalue weighted by Crippen LogP contribution is 2.32. The van der Waals surface area contributed by atoms with Crippen molar-refractivity contribution in [2.24, 2.45) is 0 Å². The first-order chi connectivity index (χ1) is 13.4. The summed E-state index contributed by atoms with van der Waals surface area (Å²) in [6.45, 7) is 3.99. The largest absolute Gasteiger partial charge is 0.416 e. The topological polar surface area (TPSA) is 36.4 Å². The molecule has 28 heavy (non-hydrogen) atoms.